The quantitative estimate of drug-likeness (QED) is 0.580. The van der Waals surface area contributed by atoms with Crippen molar-refractivity contribution in [3.8, 4) is 22.5 Å². The van der Waals surface area contributed by atoms with E-state index >= 15 is 0 Å². The van der Waals surface area contributed by atoms with Crippen LogP contribution in [0, 0.1) is 6.92 Å². The summed E-state index contributed by atoms with van der Waals surface area (Å²) in [5.41, 5.74) is 5.64. The fraction of sp³-hybridized carbons (Fsp3) is 0.150. The van der Waals surface area contributed by atoms with Crippen molar-refractivity contribution in [3.05, 3.63) is 78.4 Å². The van der Waals surface area contributed by atoms with Gasteiger partial charge in [-0.1, -0.05) is 74.5 Å². The fourth-order valence-corrected chi connectivity index (χ4v) is 2.21. The van der Waals surface area contributed by atoms with Gasteiger partial charge in [-0.15, -0.1) is 0 Å². The highest BCUT2D eigenvalue weighted by molar-refractivity contribution is 5.68. The molecule has 3 rings (SSSR count). The largest absolute Gasteiger partial charge is 0.248 e. The number of hydrogen-bond donors (Lipinski definition) is 0. The zero-order valence-corrected chi connectivity index (χ0v) is 12.9. The lowest BCUT2D eigenvalue weighted by molar-refractivity contribution is 1.30. The number of pyridine rings is 1. The lowest BCUT2D eigenvalue weighted by atomic mass is 10.0. The first kappa shape index (κ1) is 15.0. The highest BCUT2D eigenvalue weighted by Gasteiger charge is 2.04. The Balaban J connectivity index is 0.000000774. The van der Waals surface area contributed by atoms with E-state index in [2.05, 4.69) is 61.5 Å². The van der Waals surface area contributed by atoms with Crippen LogP contribution in [0.3, 0.4) is 0 Å². The van der Waals surface area contributed by atoms with Crippen LogP contribution in [0.15, 0.2) is 72.8 Å². The summed E-state index contributed by atoms with van der Waals surface area (Å²) in [7, 11) is 0. The van der Waals surface area contributed by atoms with Crippen molar-refractivity contribution in [1.29, 1.82) is 0 Å². The van der Waals surface area contributed by atoms with Crippen LogP contribution in [0.4, 0.5) is 0 Å². The molecule has 1 heterocycles. The van der Waals surface area contributed by atoms with Crippen LogP contribution >= 0.6 is 0 Å². The van der Waals surface area contributed by atoms with E-state index in [1.165, 1.54) is 11.1 Å². The molecular formula is C20H21N. The highest BCUT2D eigenvalue weighted by atomic mass is 14.7. The Labute approximate surface area is 127 Å². The van der Waals surface area contributed by atoms with Gasteiger partial charge < -0.3 is 0 Å². The summed E-state index contributed by atoms with van der Waals surface area (Å²) in [6.07, 6.45) is 0. The third-order valence-electron chi connectivity index (χ3n) is 3.24. The molecule has 0 amide bonds. The van der Waals surface area contributed by atoms with Gasteiger partial charge in [0, 0.05) is 11.1 Å². The second-order valence-corrected chi connectivity index (χ2v) is 4.59. The molecule has 0 aliphatic heterocycles. The molecule has 0 bridgehead atoms. The molecule has 1 aromatic heterocycles. The summed E-state index contributed by atoms with van der Waals surface area (Å²) in [6, 6.07) is 24.8. The molecule has 106 valence electrons. The van der Waals surface area contributed by atoms with Crippen molar-refractivity contribution in [3.63, 3.8) is 0 Å². The zero-order chi connectivity index (χ0) is 15.1. The molecule has 0 fully saturated rings. The van der Waals surface area contributed by atoms with E-state index < -0.39 is 0 Å². The van der Waals surface area contributed by atoms with E-state index in [9.17, 15) is 0 Å². The van der Waals surface area contributed by atoms with Gasteiger partial charge in [0.15, 0.2) is 0 Å². The van der Waals surface area contributed by atoms with Crippen LogP contribution < -0.4 is 0 Å². The van der Waals surface area contributed by atoms with Gasteiger partial charge in [-0.2, -0.15) is 0 Å². The molecule has 3 aromatic rings. The molecule has 1 heteroatoms. The number of benzene rings is 2. The maximum Gasteiger partial charge on any atom is 0.0712 e. The molecule has 0 saturated carbocycles. The molecule has 21 heavy (non-hydrogen) atoms. The average Bonchev–Trinajstić information content (AvgIpc) is 2.58. The van der Waals surface area contributed by atoms with Crippen LogP contribution in [-0.4, -0.2) is 4.98 Å². The molecule has 0 atom stereocenters. The summed E-state index contributed by atoms with van der Waals surface area (Å²) < 4.78 is 0. The van der Waals surface area contributed by atoms with Gasteiger partial charge in [-0.25, -0.2) is 4.98 Å². The first-order valence-corrected chi connectivity index (χ1v) is 7.43. The predicted octanol–water partition coefficient (Wildman–Crippen LogP) is 5.75. The lowest BCUT2D eigenvalue weighted by Crippen LogP contribution is -1.89. The highest BCUT2D eigenvalue weighted by Crippen LogP contribution is 2.24. The minimum Gasteiger partial charge on any atom is -0.248 e. The Morgan fingerprint density at radius 2 is 1.24 bits per heavy atom. The van der Waals surface area contributed by atoms with E-state index in [1.807, 2.05) is 32.0 Å². The fourth-order valence-electron chi connectivity index (χ4n) is 2.21. The first-order valence-electron chi connectivity index (χ1n) is 7.43. The van der Waals surface area contributed by atoms with Gasteiger partial charge in [-0.3, -0.25) is 0 Å². The minimum absolute atomic E-state index is 1.02. The average molecular weight is 275 g/mol. The van der Waals surface area contributed by atoms with Gasteiger partial charge in [0.2, 0.25) is 0 Å². The molecule has 0 saturated heterocycles. The maximum atomic E-state index is 4.77. The molecule has 0 N–H and O–H groups in total. The lowest BCUT2D eigenvalue weighted by Gasteiger charge is -2.07. The van der Waals surface area contributed by atoms with Crippen molar-refractivity contribution < 1.29 is 0 Å². The summed E-state index contributed by atoms with van der Waals surface area (Å²) in [4.78, 5) is 4.77. The molecule has 0 radical (unpaired) electrons. The van der Waals surface area contributed by atoms with Crippen LogP contribution in [0.2, 0.25) is 0 Å². The van der Waals surface area contributed by atoms with E-state index in [-0.39, 0.29) is 0 Å². The van der Waals surface area contributed by atoms with Crippen molar-refractivity contribution in [2.75, 3.05) is 0 Å². The Kier molecular flexibility index (Phi) is 5.28. The van der Waals surface area contributed by atoms with Crippen molar-refractivity contribution in [2.24, 2.45) is 0 Å². The van der Waals surface area contributed by atoms with Gasteiger partial charge >= 0.3 is 0 Å². The monoisotopic (exact) mass is 275 g/mol. The van der Waals surface area contributed by atoms with Crippen LogP contribution in [0.25, 0.3) is 22.5 Å². The topological polar surface area (TPSA) is 12.9 Å². The van der Waals surface area contributed by atoms with Crippen molar-refractivity contribution in [1.82, 2.24) is 4.98 Å². The number of aromatic nitrogens is 1. The number of nitrogens with zero attached hydrogens (tertiary/aromatic N) is 1. The molecule has 0 aliphatic carbocycles. The summed E-state index contributed by atoms with van der Waals surface area (Å²) >= 11 is 0. The molecule has 1 nitrogen and oxygen atoms in total. The van der Waals surface area contributed by atoms with E-state index in [1.54, 1.807) is 0 Å². The molecule has 0 unspecified atom stereocenters. The Morgan fingerprint density at radius 1 is 0.619 bits per heavy atom. The van der Waals surface area contributed by atoms with E-state index in [4.69, 9.17) is 4.98 Å². The minimum atomic E-state index is 1.02. The van der Waals surface area contributed by atoms with Gasteiger partial charge in [0.25, 0.3) is 0 Å². The Hall–Kier alpha value is -2.41. The molecule has 0 aliphatic rings. The van der Waals surface area contributed by atoms with Crippen LogP contribution in [0.1, 0.15) is 19.4 Å². The smallest absolute Gasteiger partial charge is 0.0712 e. The number of hydrogen-bond acceptors (Lipinski definition) is 1. The molecule has 2 aromatic carbocycles. The summed E-state index contributed by atoms with van der Waals surface area (Å²) in [5, 5.41) is 0. The van der Waals surface area contributed by atoms with Gasteiger partial charge in [0.05, 0.1) is 11.4 Å². The summed E-state index contributed by atoms with van der Waals surface area (Å²) in [6.45, 7) is 6.12. The first-order chi connectivity index (χ1) is 10.3. The zero-order valence-electron chi connectivity index (χ0n) is 12.9. The third-order valence-corrected chi connectivity index (χ3v) is 3.24. The number of aryl methyl sites for hydroxylation is 1. The second-order valence-electron chi connectivity index (χ2n) is 4.59. The van der Waals surface area contributed by atoms with Crippen LogP contribution in [0.5, 0.6) is 0 Å². The van der Waals surface area contributed by atoms with Crippen molar-refractivity contribution in [2.45, 2.75) is 20.8 Å². The van der Waals surface area contributed by atoms with E-state index in [0.717, 1.165) is 17.0 Å². The SMILES string of the molecule is CC.Cc1ccccc1-c1cccc(-c2ccccc2)n1. The van der Waals surface area contributed by atoms with Crippen LogP contribution in [-0.2, 0) is 0 Å². The molecule has 0 spiro atoms. The predicted molar refractivity (Wildman–Crippen MR) is 91.2 cm³/mol. The molecular weight excluding hydrogens is 254 g/mol. The van der Waals surface area contributed by atoms with Gasteiger partial charge in [-0.05, 0) is 24.6 Å². The van der Waals surface area contributed by atoms with Gasteiger partial charge in [0.1, 0.15) is 0 Å². The third kappa shape index (κ3) is 3.57. The summed E-state index contributed by atoms with van der Waals surface area (Å²) in [5.74, 6) is 0. The Bertz CT molecular complexity index is 687. The van der Waals surface area contributed by atoms with E-state index in [0.29, 0.717) is 0 Å². The Morgan fingerprint density at radius 3 is 1.95 bits per heavy atom. The maximum absolute atomic E-state index is 4.77. The number of rotatable bonds is 2. The standard InChI is InChI=1S/C18H15N.C2H6/c1-14-8-5-6-11-16(14)18-13-7-12-17(19-18)15-9-3-2-4-10-15;1-2/h2-13H,1H3;1-2H3. The second kappa shape index (κ2) is 7.39. The van der Waals surface area contributed by atoms with Crippen molar-refractivity contribution >= 4 is 0 Å². The normalized spacial score (nSPS) is 9.67.